The van der Waals surface area contributed by atoms with Crippen LogP contribution in [0.25, 0.3) is 0 Å². The Morgan fingerprint density at radius 2 is 2.00 bits per heavy atom. The summed E-state index contributed by atoms with van der Waals surface area (Å²) in [5.74, 6) is 0.162. The quantitative estimate of drug-likeness (QED) is 0.585. The summed E-state index contributed by atoms with van der Waals surface area (Å²) in [6, 6.07) is 1.61. The summed E-state index contributed by atoms with van der Waals surface area (Å²) >= 11 is 0. The fourth-order valence-corrected chi connectivity index (χ4v) is 3.04. The number of hydrogen-bond donors (Lipinski definition) is 1. The summed E-state index contributed by atoms with van der Waals surface area (Å²) in [6.45, 7) is 0.612. The molecule has 0 amide bonds. The van der Waals surface area contributed by atoms with Crippen LogP contribution in [0.5, 0.6) is 0 Å². The molecule has 0 spiro atoms. The van der Waals surface area contributed by atoms with E-state index in [9.17, 15) is 14.4 Å². The van der Waals surface area contributed by atoms with Crippen molar-refractivity contribution in [3.63, 3.8) is 0 Å². The van der Waals surface area contributed by atoms with E-state index in [4.69, 9.17) is 5.73 Å². The number of nitrogen functional groups attached to an aromatic ring is 1. The normalized spacial score (nSPS) is 18.1. The predicted molar refractivity (Wildman–Crippen MR) is 88.0 cm³/mol. The first-order valence-electron chi connectivity index (χ1n) is 8.46. The van der Waals surface area contributed by atoms with Crippen LogP contribution in [0.3, 0.4) is 0 Å². The highest BCUT2D eigenvalue weighted by Crippen LogP contribution is 2.23. The van der Waals surface area contributed by atoms with Crippen LogP contribution >= 0.6 is 0 Å². The van der Waals surface area contributed by atoms with E-state index in [1.54, 1.807) is 16.8 Å². The average molecular weight is 319 g/mol. The van der Waals surface area contributed by atoms with Crippen molar-refractivity contribution >= 4 is 17.4 Å². The summed E-state index contributed by atoms with van der Waals surface area (Å²) in [5.41, 5.74) is 5.12. The number of aromatic nitrogens is 2. The zero-order valence-corrected chi connectivity index (χ0v) is 13.5. The minimum Gasteiger partial charge on any atom is -0.383 e. The van der Waals surface area contributed by atoms with Gasteiger partial charge in [0.2, 0.25) is 0 Å². The number of rotatable bonds is 8. The molecule has 1 aromatic rings. The molecule has 0 aromatic carbocycles. The van der Waals surface area contributed by atoms with Crippen molar-refractivity contribution in [2.75, 3.05) is 5.73 Å². The number of nitrogens with two attached hydrogens (primary N) is 1. The molecule has 0 radical (unpaired) electrons. The molecule has 2 N–H and O–H groups in total. The lowest BCUT2D eigenvalue weighted by atomic mass is 9.83. The van der Waals surface area contributed by atoms with E-state index in [1.165, 1.54) is 0 Å². The Morgan fingerprint density at radius 3 is 2.74 bits per heavy atom. The van der Waals surface area contributed by atoms with Gasteiger partial charge >= 0.3 is 5.69 Å². The molecule has 1 saturated carbocycles. The molecule has 1 atom stereocenters. The van der Waals surface area contributed by atoms with Gasteiger partial charge in [0.1, 0.15) is 17.4 Å². The van der Waals surface area contributed by atoms with E-state index in [1.807, 2.05) is 0 Å². The molecule has 2 rings (SSSR count). The average Bonchev–Trinajstić information content (AvgIpc) is 2.52. The third-order valence-corrected chi connectivity index (χ3v) is 4.41. The van der Waals surface area contributed by atoms with Crippen molar-refractivity contribution in [1.29, 1.82) is 0 Å². The number of hydrogen-bond acceptors (Lipinski definition) is 5. The van der Waals surface area contributed by atoms with Crippen molar-refractivity contribution in [2.24, 2.45) is 5.92 Å². The highest BCUT2D eigenvalue weighted by atomic mass is 16.2. The second kappa shape index (κ2) is 8.60. The van der Waals surface area contributed by atoms with E-state index in [0.717, 1.165) is 44.9 Å². The smallest absolute Gasteiger partial charge is 0.349 e. The van der Waals surface area contributed by atoms with Gasteiger partial charge in [-0.2, -0.15) is 4.98 Å². The van der Waals surface area contributed by atoms with Crippen LogP contribution in [0.1, 0.15) is 57.8 Å². The van der Waals surface area contributed by atoms with Gasteiger partial charge in [0, 0.05) is 25.6 Å². The SMILES string of the molecule is Nc1ccn(CCCCCCC(=O)C2CCCCC2=O)c(=O)n1. The molecule has 6 nitrogen and oxygen atoms in total. The maximum atomic E-state index is 12.1. The fourth-order valence-electron chi connectivity index (χ4n) is 3.04. The van der Waals surface area contributed by atoms with E-state index >= 15 is 0 Å². The zero-order valence-electron chi connectivity index (χ0n) is 13.5. The van der Waals surface area contributed by atoms with Crippen molar-refractivity contribution in [3.05, 3.63) is 22.7 Å². The largest absolute Gasteiger partial charge is 0.383 e. The molecule has 126 valence electrons. The summed E-state index contributed by atoms with van der Waals surface area (Å²) < 4.78 is 1.54. The molecule has 1 aromatic heterocycles. The number of ketones is 2. The van der Waals surface area contributed by atoms with E-state index in [2.05, 4.69) is 4.98 Å². The lowest BCUT2D eigenvalue weighted by Gasteiger charge is -2.19. The first-order valence-corrected chi connectivity index (χ1v) is 8.46. The van der Waals surface area contributed by atoms with Gasteiger partial charge in [-0.1, -0.05) is 19.3 Å². The Bertz CT molecular complexity index is 609. The fraction of sp³-hybridized carbons (Fsp3) is 0.647. The van der Waals surface area contributed by atoms with E-state index in [0.29, 0.717) is 19.4 Å². The minimum atomic E-state index is -0.330. The molecule has 0 bridgehead atoms. The van der Waals surface area contributed by atoms with Gasteiger partial charge in [-0.05, 0) is 31.7 Å². The highest BCUT2D eigenvalue weighted by molar-refractivity contribution is 6.02. The second-order valence-electron chi connectivity index (χ2n) is 6.22. The van der Waals surface area contributed by atoms with Crippen LogP contribution < -0.4 is 11.4 Å². The van der Waals surface area contributed by atoms with Crippen molar-refractivity contribution < 1.29 is 9.59 Å². The molecule has 0 aliphatic heterocycles. The molecule has 1 unspecified atom stereocenters. The Labute approximate surface area is 136 Å². The summed E-state index contributed by atoms with van der Waals surface area (Å²) in [4.78, 5) is 39.0. The molecule has 23 heavy (non-hydrogen) atoms. The second-order valence-corrected chi connectivity index (χ2v) is 6.22. The number of anilines is 1. The third-order valence-electron chi connectivity index (χ3n) is 4.41. The summed E-state index contributed by atoms with van der Waals surface area (Å²) in [6.07, 6.45) is 8.95. The number of carbonyl (C=O) groups is 2. The van der Waals surface area contributed by atoms with E-state index in [-0.39, 0.29) is 29.0 Å². The first-order chi connectivity index (χ1) is 11.1. The van der Waals surface area contributed by atoms with Crippen LogP contribution in [-0.4, -0.2) is 21.1 Å². The molecule has 1 fully saturated rings. The maximum absolute atomic E-state index is 12.1. The van der Waals surface area contributed by atoms with Crippen LogP contribution in [0.4, 0.5) is 5.82 Å². The molecular weight excluding hydrogens is 294 g/mol. The Balaban J connectivity index is 1.61. The van der Waals surface area contributed by atoms with Crippen LogP contribution in [0.15, 0.2) is 17.1 Å². The van der Waals surface area contributed by atoms with Gasteiger partial charge in [0.05, 0.1) is 5.92 Å². The summed E-state index contributed by atoms with van der Waals surface area (Å²) in [5, 5.41) is 0. The molecule has 1 aliphatic carbocycles. The molecule has 0 saturated heterocycles. The third kappa shape index (κ3) is 5.30. The number of Topliss-reactive ketones (excluding diaryl/α,β-unsaturated/α-hetero) is 2. The van der Waals surface area contributed by atoms with Crippen LogP contribution in [0, 0.1) is 5.92 Å². The van der Waals surface area contributed by atoms with Gasteiger partial charge in [-0.15, -0.1) is 0 Å². The Kier molecular flexibility index (Phi) is 6.50. The van der Waals surface area contributed by atoms with Crippen LogP contribution in [-0.2, 0) is 16.1 Å². The Hall–Kier alpha value is -1.98. The van der Waals surface area contributed by atoms with E-state index < -0.39 is 0 Å². The van der Waals surface area contributed by atoms with Crippen molar-refractivity contribution in [1.82, 2.24) is 9.55 Å². The van der Waals surface area contributed by atoms with Crippen molar-refractivity contribution in [2.45, 2.75) is 64.3 Å². The monoisotopic (exact) mass is 319 g/mol. The number of carbonyl (C=O) groups excluding carboxylic acids is 2. The molecular formula is C17H25N3O3. The number of aryl methyl sites for hydroxylation is 1. The number of unbranched alkanes of at least 4 members (excludes halogenated alkanes) is 3. The Morgan fingerprint density at radius 1 is 1.22 bits per heavy atom. The van der Waals surface area contributed by atoms with Gasteiger partial charge in [-0.3, -0.25) is 14.2 Å². The minimum absolute atomic E-state index is 0.119. The lowest BCUT2D eigenvalue weighted by molar-refractivity contribution is -0.134. The molecule has 1 heterocycles. The maximum Gasteiger partial charge on any atom is 0.349 e. The van der Waals surface area contributed by atoms with Crippen LogP contribution in [0.2, 0.25) is 0 Å². The molecule has 6 heteroatoms. The highest BCUT2D eigenvalue weighted by Gasteiger charge is 2.27. The van der Waals surface area contributed by atoms with Gasteiger partial charge in [0.25, 0.3) is 0 Å². The van der Waals surface area contributed by atoms with Gasteiger partial charge in [-0.25, -0.2) is 4.79 Å². The lowest BCUT2D eigenvalue weighted by Crippen LogP contribution is -2.27. The molecule has 1 aliphatic rings. The summed E-state index contributed by atoms with van der Waals surface area (Å²) in [7, 11) is 0. The topological polar surface area (TPSA) is 95.0 Å². The predicted octanol–water partition coefficient (Wildman–Crippen LogP) is 2.10. The first kappa shape index (κ1) is 17.4. The standard InChI is InChI=1S/C17H25N3O3/c18-16-10-12-20(17(23)19-16)11-6-2-1-3-8-14(21)13-7-4-5-9-15(13)22/h10,12-13H,1-9,11H2,(H2,18,19,23). The van der Waals surface area contributed by atoms with Crippen molar-refractivity contribution in [3.8, 4) is 0 Å². The zero-order chi connectivity index (χ0) is 16.7. The van der Waals surface area contributed by atoms with Gasteiger partial charge in [0.15, 0.2) is 0 Å². The van der Waals surface area contributed by atoms with Gasteiger partial charge < -0.3 is 5.73 Å². The number of nitrogens with zero attached hydrogens (tertiary/aromatic N) is 2.